The predicted molar refractivity (Wildman–Crippen MR) is 100 cm³/mol. The number of anilines is 1. The summed E-state index contributed by atoms with van der Waals surface area (Å²) in [5, 5.41) is 10.8. The molecule has 3 rings (SSSR count). The van der Waals surface area contributed by atoms with E-state index in [-0.39, 0.29) is 22.5 Å². The van der Waals surface area contributed by atoms with Crippen molar-refractivity contribution >= 4 is 46.7 Å². The molecule has 0 unspecified atom stereocenters. The fourth-order valence-corrected chi connectivity index (χ4v) is 2.98. The number of aromatic amines is 1. The second-order valence-electron chi connectivity index (χ2n) is 5.15. The Labute approximate surface area is 158 Å². The number of benzene rings is 1. The average Bonchev–Trinajstić information content (AvgIpc) is 3.05. The van der Waals surface area contributed by atoms with Gasteiger partial charge in [-0.25, -0.2) is 9.97 Å². The van der Waals surface area contributed by atoms with Crippen molar-refractivity contribution in [2.45, 2.75) is 12.1 Å². The van der Waals surface area contributed by atoms with Crippen molar-refractivity contribution in [2.75, 3.05) is 11.1 Å². The maximum absolute atomic E-state index is 12.0. The van der Waals surface area contributed by atoms with Crippen LogP contribution in [0.1, 0.15) is 5.56 Å². The first-order valence-electron chi connectivity index (χ1n) is 7.24. The van der Waals surface area contributed by atoms with Crippen LogP contribution in [0.5, 0.6) is 0 Å². The fourth-order valence-electron chi connectivity index (χ4n) is 1.96. The molecule has 3 aromatic rings. The highest BCUT2D eigenvalue weighted by molar-refractivity contribution is 7.99. The molecule has 0 atom stereocenters. The van der Waals surface area contributed by atoms with Crippen molar-refractivity contribution in [2.24, 2.45) is 0 Å². The van der Waals surface area contributed by atoms with E-state index in [4.69, 9.17) is 23.2 Å². The van der Waals surface area contributed by atoms with Gasteiger partial charge in [-0.2, -0.15) is 0 Å². The van der Waals surface area contributed by atoms with Crippen LogP contribution in [-0.2, 0) is 4.79 Å². The molecule has 0 aliphatic heterocycles. The minimum absolute atomic E-state index is 0.131. The number of amides is 1. The molecule has 1 amide bonds. The lowest BCUT2D eigenvalue weighted by Crippen LogP contribution is -2.15. The van der Waals surface area contributed by atoms with Crippen LogP contribution >= 0.6 is 35.0 Å². The summed E-state index contributed by atoms with van der Waals surface area (Å²) in [5.41, 5.74) is 2.11. The first-order chi connectivity index (χ1) is 12.0. The van der Waals surface area contributed by atoms with Crippen molar-refractivity contribution in [3.8, 4) is 11.4 Å². The highest BCUT2D eigenvalue weighted by Gasteiger charge is 2.11. The molecule has 0 spiro atoms. The number of halogens is 2. The molecular formula is C16H13Cl2N5OS. The van der Waals surface area contributed by atoms with Gasteiger partial charge >= 0.3 is 0 Å². The summed E-state index contributed by atoms with van der Waals surface area (Å²) in [6.45, 7) is 2.02. The van der Waals surface area contributed by atoms with Crippen molar-refractivity contribution < 1.29 is 4.79 Å². The van der Waals surface area contributed by atoms with Gasteiger partial charge in [-0.1, -0.05) is 64.8 Å². The molecule has 6 nitrogen and oxygen atoms in total. The van der Waals surface area contributed by atoms with Gasteiger partial charge in [0.25, 0.3) is 0 Å². The minimum Gasteiger partial charge on any atom is -0.309 e. The van der Waals surface area contributed by atoms with E-state index in [1.54, 1.807) is 0 Å². The lowest BCUT2D eigenvalue weighted by molar-refractivity contribution is -0.113. The number of rotatable bonds is 5. The number of hydrogen-bond acceptors (Lipinski definition) is 5. The summed E-state index contributed by atoms with van der Waals surface area (Å²) in [5.74, 6) is 0.798. The van der Waals surface area contributed by atoms with Crippen LogP contribution in [0.2, 0.25) is 10.0 Å². The summed E-state index contributed by atoms with van der Waals surface area (Å²) >= 11 is 13.0. The molecule has 0 radical (unpaired) electrons. The lowest BCUT2D eigenvalue weighted by atomic mass is 10.1. The Hall–Kier alpha value is -2.09. The van der Waals surface area contributed by atoms with E-state index >= 15 is 0 Å². The van der Waals surface area contributed by atoms with Gasteiger partial charge in [-0.3, -0.25) is 9.89 Å². The van der Waals surface area contributed by atoms with Crippen LogP contribution in [0.25, 0.3) is 11.4 Å². The zero-order valence-electron chi connectivity index (χ0n) is 13.1. The number of thioether (sulfide) groups is 1. The SMILES string of the molecule is Cc1ccc(-c2nc(SCC(=O)Nc3ncc(Cl)cc3Cl)n[nH]2)cc1. The molecule has 25 heavy (non-hydrogen) atoms. The summed E-state index contributed by atoms with van der Waals surface area (Å²) < 4.78 is 0. The van der Waals surface area contributed by atoms with Crippen molar-refractivity contribution in [3.63, 3.8) is 0 Å². The average molecular weight is 394 g/mol. The molecule has 128 valence electrons. The molecular weight excluding hydrogens is 381 g/mol. The highest BCUT2D eigenvalue weighted by Crippen LogP contribution is 2.23. The molecule has 0 saturated carbocycles. The van der Waals surface area contributed by atoms with Gasteiger partial charge < -0.3 is 5.32 Å². The molecule has 1 aromatic carbocycles. The third-order valence-corrected chi connectivity index (χ3v) is 4.53. The number of carbonyl (C=O) groups excluding carboxylic acids is 1. The normalized spacial score (nSPS) is 10.7. The molecule has 2 N–H and O–H groups in total. The number of pyridine rings is 1. The fraction of sp³-hybridized carbons (Fsp3) is 0.125. The van der Waals surface area contributed by atoms with Crippen LogP contribution in [0.4, 0.5) is 5.82 Å². The van der Waals surface area contributed by atoms with Crippen molar-refractivity contribution in [1.82, 2.24) is 20.2 Å². The maximum Gasteiger partial charge on any atom is 0.236 e. The van der Waals surface area contributed by atoms with Crippen molar-refractivity contribution in [3.05, 3.63) is 52.1 Å². The molecule has 2 heterocycles. The molecule has 9 heteroatoms. The highest BCUT2D eigenvalue weighted by atomic mass is 35.5. The number of aryl methyl sites for hydroxylation is 1. The molecule has 0 saturated heterocycles. The molecule has 0 fully saturated rings. The smallest absolute Gasteiger partial charge is 0.236 e. The van der Waals surface area contributed by atoms with Gasteiger partial charge in [-0.15, -0.1) is 5.10 Å². The van der Waals surface area contributed by atoms with Gasteiger partial charge in [0, 0.05) is 11.8 Å². The zero-order chi connectivity index (χ0) is 17.8. The van der Waals surface area contributed by atoms with E-state index in [9.17, 15) is 4.79 Å². The number of nitrogens with zero attached hydrogens (tertiary/aromatic N) is 3. The van der Waals surface area contributed by atoms with Crippen LogP contribution in [0, 0.1) is 6.92 Å². The molecule has 2 aromatic heterocycles. The van der Waals surface area contributed by atoms with Crippen LogP contribution < -0.4 is 5.32 Å². The Balaban J connectivity index is 1.58. The third-order valence-electron chi connectivity index (χ3n) is 3.19. The molecule has 0 aliphatic rings. The van der Waals surface area contributed by atoms with Gasteiger partial charge in [0.15, 0.2) is 11.6 Å². The lowest BCUT2D eigenvalue weighted by Gasteiger charge is -2.05. The summed E-state index contributed by atoms with van der Waals surface area (Å²) in [6, 6.07) is 9.44. The largest absolute Gasteiger partial charge is 0.309 e. The summed E-state index contributed by atoms with van der Waals surface area (Å²) in [6.07, 6.45) is 1.42. The van der Waals surface area contributed by atoms with Crippen LogP contribution in [-0.4, -0.2) is 31.8 Å². The van der Waals surface area contributed by atoms with Gasteiger partial charge in [-0.05, 0) is 13.0 Å². The number of hydrogen-bond donors (Lipinski definition) is 2. The van der Waals surface area contributed by atoms with E-state index in [0.717, 1.165) is 5.56 Å². The maximum atomic E-state index is 12.0. The molecule has 0 bridgehead atoms. The number of carbonyl (C=O) groups is 1. The first-order valence-corrected chi connectivity index (χ1v) is 8.98. The van der Waals surface area contributed by atoms with Crippen LogP contribution in [0.3, 0.4) is 0 Å². The second kappa shape index (κ2) is 7.86. The minimum atomic E-state index is -0.261. The summed E-state index contributed by atoms with van der Waals surface area (Å²) in [4.78, 5) is 20.4. The number of aromatic nitrogens is 4. The van der Waals surface area contributed by atoms with E-state index in [2.05, 4.69) is 25.5 Å². The van der Waals surface area contributed by atoms with E-state index in [0.29, 0.717) is 16.0 Å². The Morgan fingerprint density at radius 2 is 2.04 bits per heavy atom. The Morgan fingerprint density at radius 3 is 2.76 bits per heavy atom. The Kier molecular flexibility index (Phi) is 5.57. The standard InChI is InChI=1S/C16H13Cl2N5OS/c1-9-2-4-10(5-3-9)14-21-16(23-22-14)25-8-13(24)20-15-12(18)6-11(17)7-19-15/h2-7H,8H2,1H3,(H,19,20,24)(H,21,22,23). The van der Waals surface area contributed by atoms with E-state index < -0.39 is 0 Å². The monoisotopic (exact) mass is 393 g/mol. The van der Waals surface area contributed by atoms with E-state index in [1.807, 2.05) is 31.2 Å². The van der Waals surface area contributed by atoms with Gasteiger partial charge in [0.2, 0.25) is 11.1 Å². The third kappa shape index (κ3) is 4.72. The first kappa shape index (κ1) is 17.7. The van der Waals surface area contributed by atoms with Gasteiger partial charge in [0.1, 0.15) is 0 Å². The summed E-state index contributed by atoms with van der Waals surface area (Å²) in [7, 11) is 0. The Morgan fingerprint density at radius 1 is 1.28 bits per heavy atom. The number of nitrogens with one attached hydrogen (secondary N) is 2. The van der Waals surface area contributed by atoms with E-state index in [1.165, 1.54) is 29.6 Å². The second-order valence-corrected chi connectivity index (χ2v) is 6.94. The Bertz CT molecular complexity index is 898. The van der Waals surface area contributed by atoms with Gasteiger partial charge in [0.05, 0.1) is 15.8 Å². The molecule has 0 aliphatic carbocycles. The zero-order valence-corrected chi connectivity index (χ0v) is 15.4. The number of H-pyrrole nitrogens is 1. The quantitative estimate of drug-likeness (QED) is 0.634. The predicted octanol–water partition coefficient (Wildman–Crippen LogP) is 4.21. The van der Waals surface area contributed by atoms with Crippen LogP contribution in [0.15, 0.2) is 41.7 Å². The van der Waals surface area contributed by atoms with Crippen molar-refractivity contribution in [1.29, 1.82) is 0 Å². The topological polar surface area (TPSA) is 83.6 Å².